The monoisotopic (exact) mass is 217 g/mol. The Kier molecular flexibility index (Phi) is 3.61. The van der Waals surface area contributed by atoms with Crippen LogP contribution in [0.25, 0.3) is 0 Å². The molecule has 14 heavy (non-hydrogen) atoms. The lowest BCUT2D eigenvalue weighted by Crippen LogP contribution is -2.52. The Balaban J connectivity index is 4.53. The fourth-order valence-corrected chi connectivity index (χ4v) is 0.462. The van der Waals surface area contributed by atoms with Crippen LogP contribution in [0.3, 0.4) is 0 Å². The summed E-state index contributed by atoms with van der Waals surface area (Å²) >= 11 is 0. The highest BCUT2D eigenvalue weighted by Gasteiger charge is 2.58. The molecule has 0 atom stereocenters. The minimum Gasteiger partial charge on any atom is -0.286 e. The van der Waals surface area contributed by atoms with Gasteiger partial charge >= 0.3 is 12.2 Å². The lowest BCUT2D eigenvalue weighted by molar-refractivity contribution is -0.292. The fourth-order valence-electron chi connectivity index (χ4n) is 0.462. The van der Waals surface area contributed by atoms with Gasteiger partial charge in [0.1, 0.15) is 0 Å². The van der Waals surface area contributed by atoms with E-state index in [1.165, 1.54) is 6.92 Å². The SMILES string of the molecule is C=C(CC)C(=O)NC(F)(F)C(F)(F)F. The smallest absolute Gasteiger partial charge is 0.286 e. The lowest BCUT2D eigenvalue weighted by Gasteiger charge is -2.20. The van der Waals surface area contributed by atoms with Gasteiger partial charge in [-0.25, -0.2) is 0 Å². The van der Waals surface area contributed by atoms with E-state index in [9.17, 15) is 26.7 Å². The normalized spacial score (nSPS) is 12.4. The molecule has 7 heteroatoms. The summed E-state index contributed by atoms with van der Waals surface area (Å²) in [6.07, 6.45) is -5.80. The summed E-state index contributed by atoms with van der Waals surface area (Å²) in [6.45, 7) is 4.44. The maximum absolute atomic E-state index is 12.2. The van der Waals surface area contributed by atoms with Crippen LogP contribution in [0.15, 0.2) is 12.2 Å². The Bertz CT molecular complexity index is 245. The molecule has 1 N–H and O–H groups in total. The van der Waals surface area contributed by atoms with Gasteiger partial charge in [-0.2, -0.15) is 22.0 Å². The quantitative estimate of drug-likeness (QED) is 0.438. The van der Waals surface area contributed by atoms with Crippen molar-refractivity contribution >= 4 is 5.91 Å². The average molecular weight is 217 g/mol. The molecule has 0 aromatic heterocycles. The van der Waals surface area contributed by atoms with Crippen molar-refractivity contribution in [3.8, 4) is 0 Å². The molecule has 0 spiro atoms. The number of carbonyl (C=O) groups is 1. The molecule has 0 saturated carbocycles. The van der Waals surface area contributed by atoms with Gasteiger partial charge in [0.05, 0.1) is 0 Å². The van der Waals surface area contributed by atoms with E-state index < -0.39 is 18.1 Å². The molecule has 0 bridgehead atoms. The number of carbonyl (C=O) groups excluding carboxylic acids is 1. The Labute approximate surface area is 76.8 Å². The number of hydrogen-bond donors (Lipinski definition) is 1. The van der Waals surface area contributed by atoms with E-state index in [2.05, 4.69) is 6.58 Å². The van der Waals surface area contributed by atoms with E-state index in [1.54, 1.807) is 0 Å². The number of nitrogens with one attached hydrogen (secondary N) is 1. The average Bonchev–Trinajstić information content (AvgIpc) is 2.00. The Morgan fingerprint density at radius 2 is 1.71 bits per heavy atom. The summed E-state index contributed by atoms with van der Waals surface area (Å²) in [4.78, 5) is 10.6. The maximum atomic E-state index is 12.2. The van der Waals surface area contributed by atoms with Gasteiger partial charge < -0.3 is 0 Å². The summed E-state index contributed by atoms with van der Waals surface area (Å²) in [5, 5.41) is 0.550. The third-order valence-electron chi connectivity index (χ3n) is 1.37. The number of amides is 1. The van der Waals surface area contributed by atoms with Gasteiger partial charge in [0.2, 0.25) is 0 Å². The summed E-state index contributed by atoms with van der Waals surface area (Å²) in [5.41, 5.74) is -0.339. The zero-order valence-electron chi connectivity index (χ0n) is 7.21. The third-order valence-corrected chi connectivity index (χ3v) is 1.37. The van der Waals surface area contributed by atoms with Gasteiger partial charge in [0.25, 0.3) is 5.91 Å². The molecular formula is C7H8F5NO. The number of rotatable bonds is 3. The van der Waals surface area contributed by atoms with Gasteiger partial charge in [-0.1, -0.05) is 13.5 Å². The van der Waals surface area contributed by atoms with E-state index in [-0.39, 0.29) is 12.0 Å². The minimum absolute atomic E-state index is 0.000228. The topological polar surface area (TPSA) is 29.1 Å². The van der Waals surface area contributed by atoms with Crippen molar-refractivity contribution in [2.75, 3.05) is 0 Å². The van der Waals surface area contributed by atoms with Crippen LogP contribution in [0.1, 0.15) is 13.3 Å². The molecule has 0 heterocycles. The zero-order chi connectivity index (χ0) is 11.6. The zero-order valence-corrected chi connectivity index (χ0v) is 7.21. The van der Waals surface area contributed by atoms with Crippen molar-refractivity contribution in [1.29, 1.82) is 0 Å². The summed E-state index contributed by atoms with van der Waals surface area (Å²) in [6, 6.07) is -5.22. The van der Waals surface area contributed by atoms with Crippen molar-refractivity contribution < 1.29 is 26.7 Å². The Morgan fingerprint density at radius 3 is 2.00 bits per heavy atom. The van der Waals surface area contributed by atoms with Crippen molar-refractivity contribution in [3.05, 3.63) is 12.2 Å². The second kappa shape index (κ2) is 3.93. The summed E-state index contributed by atoms with van der Waals surface area (Å²) in [7, 11) is 0. The van der Waals surface area contributed by atoms with Crippen molar-refractivity contribution in [1.82, 2.24) is 5.32 Å². The highest BCUT2D eigenvalue weighted by molar-refractivity contribution is 5.92. The first-order valence-corrected chi connectivity index (χ1v) is 3.56. The molecule has 0 fully saturated rings. The van der Waals surface area contributed by atoms with Crippen LogP contribution in [0.5, 0.6) is 0 Å². The highest BCUT2D eigenvalue weighted by Crippen LogP contribution is 2.32. The highest BCUT2D eigenvalue weighted by atomic mass is 19.4. The number of halogens is 5. The van der Waals surface area contributed by atoms with E-state index in [1.807, 2.05) is 0 Å². The molecule has 0 aliphatic heterocycles. The van der Waals surface area contributed by atoms with Gasteiger partial charge in [-0.05, 0) is 6.42 Å². The predicted octanol–water partition coefficient (Wildman–Crippen LogP) is 2.22. The first kappa shape index (κ1) is 12.9. The van der Waals surface area contributed by atoms with Crippen LogP contribution >= 0.6 is 0 Å². The first-order chi connectivity index (χ1) is 6.12. The standard InChI is InChI=1S/C7H8F5NO/c1-3-4(2)5(14)13-7(11,12)6(8,9)10/h2-3H2,1H3,(H,13,14). The predicted molar refractivity (Wildman–Crippen MR) is 38.6 cm³/mol. The summed E-state index contributed by atoms with van der Waals surface area (Å²) < 4.78 is 59.1. The van der Waals surface area contributed by atoms with Crippen LogP contribution in [0, 0.1) is 0 Å². The number of alkyl halides is 5. The van der Waals surface area contributed by atoms with Crippen molar-refractivity contribution in [3.63, 3.8) is 0 Å². The van der Waals surface area contributed by atoms with Crippen LogP contribution in [-0.2, 0) is 4.79 Å². The molecule has 0 aliphatic rings. The van der Waals surface area contributed by atoms with Gasteiger partial charge in [-0.3, -0.25) is 10.1 Å². The molecule has 0 saturated heterocycles. The van der Waals surface area contributed by atoms with E-state index in [4.69, 9.17) is 0 Å². The Morgan fingerprint density at radius 1 is 1.29 bits per heavy atom. The molecule has 0 aliphatic carbocycles. The molecule has 0 unspecified atom stereocenters. The lowest BCUT2D eigenvalue weighted by atomic mass is 10.2. The minimum atomic E-state index is -5.79. The van der Waals surface area contributed by atoms with Crippen LogP contribution in [0.4, 0.5) is 22.0 Å². The molecule has 82 valence electrons. The summed E-state index contributed by atoms with van der Waals surface area (Å²) in [5.74, 6) is -1.50. The molecule has 0 aromatic carbocycles. The van der Waals surface area contributed by atoms with E-state index >= 15 is 0 Å². The fraction of sp³-hybridized carbons (Fsp3) is 0.571. The molecule has 0 rings (SSSR count). The third kappa shape index (κ3) is 2.97. The van der Waals surface area contributed by atoms with Crippen molar-refractivity contribution in [2.24, 2.45) is 0 Å². The second-order valence-corrected chi connectivity index (χ2v) is 2.48. The van der Waals surface area contributed by atoms with Crippen LogP contribution in [0.2, 0.25) is 0 Å². The largest absolute Gasteiger partial charge is 0.475 e. The molecule has 0 radical (unpaired) electrons. The van der Waals surface area contributed by atoms with E-state index in [0.717, 1.165) is 0 Å². The number of hydrogen-bond acceptors (Lipinski definition) is 1. The van der Waals surface area contributed by atoms with Gasteiger partial charge in [0.15, 0.2) is 0 Å². The molecule has 2 nitrogen and oxygen atoms in total. The van der Waals surface area contributed by atoms with Crippen molar-refractivity contribution in [2.45, 2.75) is 25.6 Å². The second-order valence-electron chi connectivity index (χ2n) is 2.48. The van der Waals surface area contributed by atoms with Gasteiger partial charge in [-0.15, -0.1) is 0 Å². The Hall–Kier alpha value is -1.14. The van der Waals surface area contributed by atoms with E-state index in [0.29, 0.717) is 5.32 Å². The maximum Gasteiger partial charge on any atom is 0.475 e. The molecule has 1 amide bonds. The van der Waals surface area contributed by atoms with Crippen LogP contribution < -0.4 is 5.32 Å². The first-order valence-electron chi connectivity index (χ1n) is 3.56. The molecular weight excluding hydrogens is 209 g/mol. The van der Waals surface area contributed by atoms with Gasteiger partial charge in [0, 0.05) is 5.57 Å². The van der Waals surface area contributed by atoms with Crippen LogP contribution in [-0.4, -0.2) is 18.1 Å². The molecule has 0 aromatic rings.